The fourth-order valence-corrected chi connectivity index (χ4v) is 2.03. The van der Waals surface area contributed by atoms with Crippen molar-refractivity contribution >= 4 is 11.7 Å². The van der Waals surface area contributed by atoms with Crippen LogP contribution in [0.25, 0.3) is 0 Å². The molecular weight excluding hydrogens is 242 g/mol. The lowest BCUT2D eigenvalue weighted by Gasteiger charge is -2.05. The van der Waals surface area contributed by atoms with Crippen LogP contribution in [0.5, 0.6) is 0 Å². The van der Waals surface area contributed by atoms with Crippen LogP contribution < -0.4 is 11.1 Å². The van der Waals surface area contributed by atoms with Crippen LogP contribution in [0.2, 0.25) is 0 Å². The minimum Gasteiger partial charge on any atom is -0.409 e. The van der Waals surface area contributed by atoms with Crippen LogP contribution in [-0.4, -0.2) is 23.5 Å². The van der Waals surface area contributed by atoms with Gasteiger partial charge >= 0.3 is 0 Å². The van der Waals surface area contributed by atoms with Crippen LogP contribution >= 0.6 is 0 Å². The standard InChI is InChI=1S/C14H19N3O2/c1-9-6-12(9)8-16-13(18)7-10-2-4-11(5-3-10)14(15)17-19/h2-5,9,12,19H,6-8H2,1H3,(H2,15,17)(H,16,18). The van der Waals surface area contributed by atoms with Crippen LogP contribution in [0.3, 0.4) is 0 Å². The molecule has 1 saturated carbocycles. The van der Waals surface area contributed by atoms with E-state index in [4.69, 9.17) is 10.9 Å². The second kappa shape index (κ2) is 5.73. The average Bonchev–Trinajstić information content (AvgIpc) is 3.12. The summed E-state index contributed by atoms with van der Waals surface area (Å²) in [4.78, 5) is 11.7. The van der Waals surface area contributed by atoms with Crippen molar-refractivity contribution in [3.8, 4) is 0 Å². The number of amidine groups is 1. The van der Waals surface area contributed by atoms with Gasteiger partial charge in [0.1, 0.15) is 0 Å². The van der Waals surface area contributed by atoms with E-state index in [9.17, 15) is 4.79 Å². The summed E-state index contributed by atoms with van der Waals surface area (Å²) < 4.78 is 0. The summed E-state index contributed by atoms with van der Waals surface area (Å²) in [5.74, 6) is 1.52. The Morgan fingerprint density at radius 3 is 2.63 bits per heavy atom. The van der Waals surface area contributed by atoms with E-state index in [0.717, 1.165) is 18.0 Å². The second-order valence-electron chi connectivity index (χ2n) is 5.14. The Labute approximate surface area is 112 Å². The molecule has 0 aliphatic heterocycles. The quantitative estimate of drug-likeness (QED) is 0.321. The fraction of sp³-hybridized carbons (Fsp3) is 0.429. The predicted octanol–water partition coefficient (Wildman–Crippen LogP) is 1.10. The van der Waals surface area contributed by atoms with Crippen LogP contribution in [0.4, 0.5) is 0 Å². The molecule has 1 amide bonds. The maximum absolute atomic E-state index is 11.7. The van der Waals surface area contributed by atoms with E-state index >= 15 is 0 Å². The van der Waals surface area contributed by atoms with Gasteiger partial charge in [-0.05, 0) is 23.8 Å². The Balaban J connectivity index is 1.83. The lowest BCUT2D eigenvalue weighted by atomic mass is 10.1. The minimum atomic E-state index is 0.0376. The van der Waals surface area contributed by atoms with Gasteiger partial charge in [0.05, 0.1) is 6.42 Å². The summed E-state index contributed by atoms with van der Waals surface area (Å²) in [6, 6.07) is 7.10. The molecule has 2 atom stereocenters. The number of nitrogens with one attached hydrogen (secondary N) is 1. The first-order valence-corrected chi connectivity index (χ1v) is 6.43. The van der Waals surface area contributed by atoms with Gasteiger partial charge < -0.3 is 16.3 Å². The van der Waals surface area contributed by atoms with Crippen molar-refractivity contribution in [3.63, 3.8) is 0 Å². The zero-order valence-electron chi connectivity index (χ0n) is 11.0. The number of carbonyl (C=O) groups excluding carboxylic acids is 1. The van der Waals surface area contributed by atoms with Crippen molar-refractivity contribution < 1.29 is 10.0 Å². The number of oxime groups is 1. The van der Waals surface area contributed by atoms with Gasteiger partial charge in [-0.25, -0.2) is 0 Å². The molecule has 0 spiro atoms. The molecule has 102 valence electrons. The number of amides is 1. The van der Waals surface area contributed by atoms with E-state index in [1.807, 2.05) is 12.1 Å². The number of benzene rings is 1. The smallest absolute Gasteiger partial charge is 0.224 e. The molecule has 1 aromatic carbocycles. The highest BCUT2D eigenvalue weighted by molar-refractivity contribution is 5.97. The second-order valence-corrected chi connectivity index (χ2v) is 5.14. The number of hydrogen-bond donors (Lipinski definition) is 3. The highest BCUT2D eigenvalue weighted by Crippen LogP contribution is 2.36. The van der Waals surface area contributed by atoms with E-state index in [0.29, 0.717) is 17.9 Å². The van der Waals surface area contributed by atoms with Crippen molar-refractivity contribution in [1.82, 2.24) is 5.32 Å². The summed E-state index contributed by atoms with van der Waals surface area (Å²) >= 11 is 0. The van der Waals surface area contributed by atoms with Gasteiger partial charge in [-0.3, -0.25) is 4.79 Å². The molecule has 0 bridgehead atoms. The molecule has 1 aliphatic rings. The van der Waals surface area contributed by atoms with Crippen molar-refractivity contribution in [2.45, 2.75) is 19.8 Å². The molecule has 1 fully saturated rings. The molecule has 19 heavy (non-hydrogen) atoms. The normalized spacial score (nSPS) is 22.1. The Hall–Kier alpha value is -2.04. The molecule has 4 N–H and O–H groups in total. The monoisotopic (exact) mass is 261 g/mol. The number of rotatable bonds is 5. The lowest BCUT2D eigenvalue weighted by Crippen LogP contribution is -2.27. The summed E-state index contributed by atoms with van der Waals surface area (Å²) in [6.07, 6.45) is 1.58. The molecule has 0 aromatic heterocycles. The van der Waals surface area contributed by atoms with Crippen molar-refractivity contribution in [1.29, 1.82) is 0 Å². The number of carbonyl (C=O) groups is 1. The molecule has 1 aliphatic carbocycles. The van der Waals surface area contributed by atoms with E-state index in [2.05, 4.69) is 17.4 Å². The molecular formula is C14H19N3O2. The van der Waals surface area contributed by atoms with Crippen LogP contribution in [-0.2, 0) is 11.2 Å². The van der Waals surface area contributed by atoms with Gasteiger partial charge in [0.25, 0.3) is 0 Å². The third-order valence-electron chi connectivity index (χ3n) is 3.56. The number of nitrogens with two attached hydrogens (primary N) is 1. The summed E-state index contributed by atoms with van der Waals surface area (Å²) in [6.45, 7) is 2.98. The zero-order valence-corrected chi connectivity index (χ0v) is 11.0. The molecule has 5 heteroatoms. The van der Waals surface area contributed by atoms with E-state index in [1.54, 1.807) is 12.1 Å². The molecule has 0 heterocycles. The topological polar surface area (TPSA) is 87.7 Å². The third-order valence-corrected chi connectivity index (χ3v) is 3.56. The molecule has 1 aromatic rings. The number of nitrogens with zero attached hydrogens (tertiary/aromatic N) is 1. The summed E-state index contributed by atoms with van der Waals surface area (Å²) in [5.41, 5.74) is 7.02. The van der Waals surface area contributed by atoms with Crippen LogP contribution in [0.1, 0.15) is 24.5 Å². The highest BCUT2D eigenvalue weighted by Gasteiger charge is 2.32. The summed E-state index contributed by atoms with van der Waals surface area (Å²) in [5, 5.41) is 14.4. The first-order valence-electron chi connectivity index (χ1n) is 6.43. The lowest BCUT2D eigenvalue weighted by molar-refractivity contribution is -0.120. The van der Waals surface area contributed by atoms with Crippen LogP contribution in [0, 0.1) is 11.8 Å². The van der Waals surface area contributed by atoms with Crippen molar-refractivity contribution in [2.75, 3.05) is 6.54 Å². The molecule has 5 nitrogen and oxygen atoms in total. The first-order chi connectivity index (χ1) is 9.10. The fourth-order valence-electron chi connectivity index (χ4n) is 2.03. The summed E-state index contributed by atoms with van der Waals surface area (Å²) in [7, 11) is 0. The van der Waals surface area contributed by atoms with E-state index < -0.39 is 0 Å². The van der Waals surface area contributed by atoms with E-state index in [-0.39, 0.29) is 11.7 Å². The Kier molecular flexibility index (Phi) is 4.04. The van der Waals surface area contributed by atoms with Gasteiger partial charge in [-0.2, -0.15) is 0 Å². The zero-order chi connectivity index (χ0) is 13.8. The maximum Gasteiger partial charge on any atom is 0.224 e. The molecule has 2 rings (SSSR count). The average molecular weight is 261 g/mol. The van der Waals surface area contributed by atoms with Crippen molar-refractivity contribution in [3.05, 3.63) is 35.4 Å². The van der Waals surface area contributed by atoms with Gasteiger partial charge in [0.15, 0.2) is 5.84 Å². The Bertz CT molecular complexity index is 482. The first kappa shape index (κ1) is 13.4. The van der Waals surface area contributed by atoms with Gasteiger partial charge in [-0.15, -0.1) is 0 Å². The van der Waals surface area contributed by atoms with Crippen LogP contribution in [0.15, 0.2) is 29.4 Å². The predicted molar refractivity (Wildman–Crippen MR) is 72.9 cm³/mol. The minimum absolute atomic E-state index is 0.0376. The van der Waals surface area contributed by atoms with Gasteiger partial charge in [0.2, 0.25) is 5.91 Å². The number of hydrogen-bond acceptors (Lipinski definition) is 3. The van der Waals surface area contributed by atoms with Gasteiger partial charge in [0, 0.05) is 12.1 Å². The Morgan fingerprint density at radius 1 is 1.47 bits per heavy atom. The maximum atomic E-state index is 11.7. The van der Waals surface area contributed by atoms with Crippen molar-refractivity contribution in [2.24, 2.45) is 22.7 Å². The highest BCUT2D eigenvalue weighted by atomic mass is 16.4. The van der Waals surface area contributed by atoms with E-state index in [1.165, 1.54) is 6.42 Å². The SMILES string of the molecule is CC1CC1CNC(=O)Cc1ccc(/C(N)=N/O)cc1. The van der Waals surface area contributed by atoms with Gasteiger partial charge in [-0.1, -0.05) is 36.3 Å². The molecule has 0 saturated heterocycles. The Morgan fingerprint density at radius 2 is 2.11 bits per heavy atom. The largest absolute Gasteiger partial charge is 0.409 e. The third kappa shape index (κ3) is 3.71. The molecule has 2 unspecified atom stereocenters. The molecule has 0 radical (unpaired) electrons.